The largest absolute Gasteiger partial charge is 0.494 e. The number of benzene rings is 2. The Bertz CT molecular complexity index is 731. The smallest absolute Gasteiger partial charge is 0.173 e. The molecule has 0 aliphatic carbocycles. The first-order valence-corrected chi connectivity index (χ1v) is 10.5. The van der Waals surface area contributed by atoms with Gasteiger partial charge in [0.25, 0.3) is 0 Å². The summed E-state index contributed by atoms with van der Waals surface area (Å²) in [5.74, 6) is 0.861. The van der Waals surface area contributed by atoms with Crippen molar-refractivity contribution in [2.24, 2.45) is 0 Å². The van der Waals surface area contributed by atoms with Gasteiger partial charge in [-0.25, -0.2) is 0 Å². The molecule has 0 bridgehead atoms. The van der Waals surface area contributed by atoms with E-state index < -0.39 is 0 Å². The minimum absolute atomic E-state index is 0.237. The van der Waals surface area contributed by atoms with E-state index in [-0.39, 0.29) is 6.10 Å². The van der Waals surface area contributed by atoms with Crippen LogP contribution in [0.5, 0.6) is 5.75 Å². The van der Waals surface area contributed by atoms with Gasteiger partial charge in [0.15, 0.2) is 5.11 Å². The maximum Gasteiger partial charge on any atom is 0.173 e. The molecule has 2 aromatic rings. The number of nitrogens with one attached hydrogen (secondary N) is 1. The number of thiocarbonyl (C=S) groups is 1. The lowest BCUT2D eigenvalue weighted by Crippen LogP contribution is -2.39. The van der Waals surface area contributed by atoms with Crippen molar-refractivity contribution in [3.8, 4) is 5.75 Å². The first kappa shape index (κ1) is 20.1. The molecular weight excluding hydrogens is 424 g/mol. The predicted octanol–water partition coefficient (Wildman–Crippen LogP) is 5.23. The van der Waals surface area contributed by atoms with Crippen LogP contribution in [0.25, 0.3) is 0 Å². The molecule has 0 amide bonds. The van der Waals surface area contributed by atoms with Crippen molar-refractivity contribution in [1.82, 2.24) is 4.90 Å². The van der Waals surface area contributed by atoms with E-state index >= 15 is 0 Å². The van der Waals surface area contributed by atoms with Crippen LogP contribution in [0, 0.1) is 0 Å². The third-order valence-electron chi connectivity index (χ3n) is 4.44. The minimum atomic E-state index is 0.237. The third kappa shape index (κ3) is 6.19. The standard InChI is InChI=1S/C21H25BrN2O2S/c1-2-25-19-11-9-18(10-12-19)23-21(27)24(15-20-4-3-13-26-20)14-16-5-7-17(22)8-6-16/h5-12,20H,2-4,13-15H2,1H3,(H,23,27). The number of anilines is 1. The Hall–Kier alpha value is -1.63. The molecule has 0 saturated carbocycles. The summed E-state index contributed by atoms with van der Waals surface area (Å²) in [5, 5.41) is 4.06. The summed E-state index contributed by atoms with van der Waals surface area (Å²) in [6.07, 6.45) is 2.44. The van der Waals surface area contributed by atoms with Crippen LogP contribution in [-0.2, 0) is 11.3 Å². The van der Waals surface area contributed by atoms with Gasteiger partial charge in [-0.15, -0.1) is 0 Å². The van der Waals surface area contributed by atoms with Crippen molar-refractivity contribution in [2.45, 2.75) is 32.4 Å². The lowest BCUT2D eigenvalue weighted by Gasteiger charge is -2.28. The van der Waals surface area contributed by atoms with Crippen molar-refractivity contribution in [3.63, 3.8) is 0 Å². The van der Waals surface area contributed by atoms with Crippen LogP contribution >= 0.6 is 28.1 Å². The average molecular weight is 449 g/mol. The molecule has 1 aliphatic rings. The summed E-state index contributed by atoms with van der Waals surface area (Å²) >= 11 is 9.21. The van der Waals surface area contributed by atoms with Gasteiger partial charge in [-0.3, -0.25) is 0 Å². The molecule has 144 valence electrons. The highest BCUT2D eigenvalue weighted by atomic mass is 79.9. The molecule has 1 saturated heterocycles. The van der Waals surface area contributed by atoms with Gasteiger partial charge in [-0.05, 0) is 73.9 Å². The van der Waals surface area contributed by atoms with E-state index in [2.05, 4.69) is 50.4 Å². The highest BCUT2D eigenvalue weighted by molar-refractivity contribution is 9.10. The quantitative estimate of drug-likeness (QED) is 0.586. The summed E-state index contributed by atoms with van der Waals surface area (Å²) in [4.78, 5) is 2.19. The molecule has 4 nitrogen and oxygen atoms in total. The zero-order valence-electron chi connectivity index (χ0n) is 15.5. The Morgan fingerprint density at radius 1 is 1.22 bits per heavy atom. The lowest BCUT2D eigenvalue weighted by molar-refractivity contribution is 0.0905. The van der Waals surface area contributed by atoms with Crippen LogP contribution < -0.4 is 10.1 Å². The molecule has 6 heteroatoms. The Morgan fingerprint density at radius 2 is 1.96 bits per heavy atom. The topological polar surface area (TPSA) is 33.7 Å². The summed E-state index contributed by atoms with van der Waals surface area (Å²) < 4.78 is 12.4. The molecule has 27 heavy (non-hydrogen) atoms. The van der Waals surface area contributed by atoms with Crippen molar-refractivity contribution >= 4 is 38.9 Å². The van der Waals surface area contributed by atoms with Crippen molar-refractivity contribution in [1.29, 1.82) is 0 Å². The fourth-order valence-electron chi connectivity index (χ4n) is 3.07. The van der Waals surface area contributed by atoms with E-state index in [0.29, 0.717) is 11.7 Å². The normalized spacial score (nSPS) is 16.1. The predicted molar refractivity (Wildman–Crippen MR) is 117 cm³/mol. The molecule has 0 radical (unpaired) electrons. The van der Waals surface area contributed by atoms with E-state index in [1.54, 1.807) is 0 Å². The number of halogens is 1. The average Bonchev–Trinajstić information content (AvgIpc) is 3.18. The molecular formula is C21H25BrN2O2S. The lowest BCUT2D eigenvalue weighted by atomic mass is 10.2. The van der Waals surface area contributed by atoms with Gasteiger partial charge in [-0.2, -0.15) is 0 Å². The molecule has 1 aliphatic heterocycles. The zero-order chi connectivity index (χ0) is 19.1. The van der Waals surface area contributed by atoms with E-state index in [1.165, 1.54) is 5.56 Å². The molecule has 1 N–H and O–H groups in total. The first-order valence-electron chi connectivity index (χ1n) is 9.29. The summed E-state index contributed by atoms with van der Waals surface area (Å²) in [5.41, 5.74) is 2.17. The Morgan fingerprint density at radius 3 is 2.59 bits per heavy atom. The van der Waals surface area contributed by atoms with Crippen LogP contribution in [0.1, 0.15) is 25.3 Å². The molecule has 1 atom stereocenters. The number of ether oxygens (including phenoxy) is 2. The highest BCUT2D eigenvalue weighted by Gasteiger charge is 2.21. The first-order chi connectivity index (χ1) is 13.1. The van der Waals surface area contributed by atoms with E-state index in [9.17, 15) is 0 Å². The van der Waals surface area contributed by atoms with Crippen molar-refractivity contribution in [3.05, 3.63) is 58.6 Å². The van der Waals surface area contributed by atoms with E-state index in [4.69, 9.17) is 21.7 Å². The van der Waals surface area contributed by atoms with Crippen LogP contribution in [0.2, 0.25) is 0 Å². The number of rotatable bonds is 7. The molecule has 2 aromatic carbocycles. The van der Waals surface area contributed by atoms with Crippen molar-refractivity contribution < 1.29 is 9.47 Å². The van der Waals surface area contributed by atoms with Gasteiger partial charge in [-0.1, -0.05) is 28.1 Å². The number of hydrogen-bond acceptors (Lipinski definition) is 3. The van der Waals surface area contributed by atoms with Crippen LogP contribution in [0.4, 0.5) is 5.69 Å². The van der Waals surface area contributed by atoms with Gasteiger partial charge in [0, 0.05) is 29.9 Å². The molecule has 0 spiro atoms. The van der Waals surface area contributed by atoms with Gasteiger partial charge in [0.1, 0.15) is 5.75 Å². The minimum Gasteiger partial charge on any atom is -0.494 e. The van der Waals surface area contributed by atoms with Gasteiger partial charge in [0.2, 0.25) is 0 Å². The van der Waals surface area contributed by atoms with Crippen LogP contribution in [0.15, 0.2) is 53.0 Å². The second-order valence-electron chi connectivity index (χ2n) is 6.53. The summed E-state index contributed by atoms with van der Waals surface area (Å²) in [6, 6.07) is 16.2. The Balaban J connectivity index is 1.67. The van der Waals surface area contributed by atoms with Crippen LogP contribution in [0.3, 0.4) is 0 Å². The Kier molecular flexibility index (Phi) is 7.50. The maximum absolute atomic E-state index is 5.83. The van der Waals surface area contributed by atoms with Crippen LogP contribution in [-0.4, -0.2) is 35.9 Å². The summed E-state index contributed by atoms with van der Waals surface area (Å²) in [7, 11) is 0. The van der Waals surface area contributed by atoms with E-state index in [0.717, 1.165) is 48.4 Å². The van der Waals surface area contributed by atoms with Gasteiger partial charge in [0.05, 0.1) is 12.7 Å². The highest BCUT2D eigenvalue weighted by Crippen LogP contribution is 2.19. The number of nitrogens with zero attached hydrogens (tertiary/aromatic N) is 1. The number of hydrogen-bond donors (Lipinski definition) is 1. The summed E-state index contributed by atoms with van der Waals surface area (Å²) in [6.45, 7) is 5.02. The zero-order valence-corrected chi connectivity index (χ0v) is 17.9. The van der Waals surface area contributed by atoms with Gasteiger partial charge < -0.3 is 19.7 Å². The van der Waals surface area contributed by atoms with E-state index in [1.807, 2.05) is 31.2 Å². The van der Waals surface area contributed by atoms with Gasteiger partial charge >= 0.3 is 0 Å². The molecule has 1 fully saturated rings. The fourth-order valence-corrected chi connectivity index (χ4v) is 3.59. The monoisotopic (exact) mass is 448 g/mol. The molecule has 3 rings (SSSR count). The maximum atomic E-state index is 5.83. The second kappa shape index (κ2) is 10.1. The van der Waals surface area contributed by atoms with Crippen molar-refractivity contribution in [2.75, 3.05) is 25.1 Å². The third-order valence-corrected chi connectivity index (χ3v) is 5.33. The molecule has 0 aromatic heterocycles. The fraction of sp³-hybridized carbons (Fsp3) is 0.381. The second-order valence-corrected chi connectivity index (χ2v) is 7.83. The Labute approximate surface area is 175 Å². The SMILES string of the molecule is CCOc1ccc(NC(=S)N(Cc2ccc(Br)cc2)CC2CCCO2)cc1. The molecule has 1 heterocycles. The molecule has 1 unspecified atom stereocenters.